The monoisotopic (exact) mass is 291 g/mol. The van der Waals surface area contributed by atoms with Crippen molar-refractivity contribution in [2.45, 2.75) is 70.8 Å². The molecule has 2 aliphatic rings. The maximum atomic E-state index is 8.99. The minimum Gasteiger partial charge on any atom is -0.312 e. The number of hydrogen-bond donors (Lipinski definition) is 1. The van der Waals surface area contributed by atoms with Crippen molar-refractivity contribution in [3.8, 4) is 6.07 Å². The van der Waals surface area contributed by atoms with E-state index < -0.39 is 0 Å². The van der Waals surface area contributed by atoms with E-state index in [1.165, 1.54) is 64.3 Å². The summed E-state index contributed by atoms with van der Waals surface area (Å²) in [5, 5.41) is 12.8. The molecule has 3 nitrogen and oxygen atoms in total. The van der Waals surface area contributed by atoms with Gasteiger partial charge in [0.1, 0.15) is 0 Å². The highest BCUT2D eigenvalue weighted by Gasteiger charge is 2.27. The molecule has 120 valence electrons. The second-order valence-electron chi connectivity index (χ2n) is 7.21. The van der Waals surface area contributed by atoms with Crippen LogP contribution in [0.5, 0.6) is 0 Å². The van der Waals surface area contributed by atoms with Crippen molar-refractivity contribution in [2.24, 2.45) is 11.8 Å². The molecule has 0 bridgehead atoms. The van der Waals surface area contributed by atoms with Gasteiger partial charge in [0.05, 0.1) is 12.6 Å². The third-order valence-corrected chi connectivity index (χ3v) is 5.29. The average Bonchev–Trinajstić information content (AvgIpc) is 2.52. The molecule has 1 saturated carbocycles. The predicted octanol–water partition coefficient (Wildman–Crippen LogP) is 3.56. The maximum absolute atomic E-state index is 8.99. The summed E-state index contributed by atoms with van der Waals surface area (Å²) >= 11 is 0. The lowest BCUT2D eigenvalue weighted by Gasteiger charge is -2.38. The predicted molar refractivity (Wildman–Crippen MR) is 88.1 cm³/mol. The third kappa shape index (κ3) is 5.96. The molecule has 21 heavy (non-hydrogen) atoms. The van der Waals surface area contributed by atoms with Gasteiger partial charge in [0.25, 0.3) is 0 Å². The van der Waals surface area contributed by atoms with Crippen LogP contribution in [-0.2, 0) is 0 Å². The minimum absolute atomic E-state index is 0.601. The smallest absolute Gasteiger partial charge is 0.0866 e. The second-order valence-corrected chi connectivity index (χ2v) is 7.21. The van der Waals surface area contributed by atoms with Gasteiger partial charge in [0, 0.05) is 19.1 Å². The van der Waals surface area contributed by atoms with Gasteiger partial charge in [-0.2, -0.15) is 5.26 Å². The van der Waals surface area contributed by atoms with E-state index in [1.807, 2.05) is 0 Å². The van der Waals surface area contributed by atoms with Gasteiger partial charge in [-0.3, -0.25) is 4.90 Å². The highest BCUT2D eigenvalue weighted by atomic mass is 15.2. The average molecular weight is 291 g/mol. The van der Waals surface area contributed by atoms with Crippen molar-refractivity contribution in [3.63, 3.8) is 0 Å². The summed E-state index contributed by atoms with van der Waals surface area (Å²) < 4.78 is 0. The molecule has 2 atom stereocenters. The third-order valence-electron chi connectivity index (χ3n) is 5.29. The molecule has 0 amide bonds. The van der Waals surface area contributed by atoms with E-state index in [0.29, 0.717) is 12.6 Å². The molecule has 3 heteroatoms. The number of nitriles is 1. The quantitative estimate of drug-likeness (QED) is 0.729. The van der Waals surface area contributed by atoms with Crippen LogP contribution in [0.1, 0.15) is 64.7 Å². The molecule has 1 N–H and O–H groups in total. The van der Waals surface area contributed by atoms with Crippen LogP contribution in [0.25, 0.3) is 0 Å². The SMILES string of the molecule is CCCCC1CC(NCC2CCCCC2)CN(CC#N)C1. The van der Waals surface area contributed by atoms with E-state index in [4.69, 9.17) is 5.26 Å². The zero-order valence-corrected chi connectivity index (χ0v) is 13.8. The molecule has 2 unspecified atom stereocenters. The summed E-state index contributed by atoms with van der Waals surface area (Å²) in [5.74, 6) is 1.69. The molecule has 2 rings (SSSR count). The Hall–Kier alpha value is -0.590. The molecule has 1 heterocycles. The molecule has 0 radical (unpaired) electrons. The van der Waals surface area contributed by atoms with Crippen LogP contribution in [0.2, 0.25) is 0 Å². The Bertz CT molecular complexity index is 317. The van der Waals surface area contributed by atoms with E-state index in [-0.39, 0.29) is 0 Å². The van der Waals surface area contributed by atoms with Crippen molar-refractivity contribution >= 4 is 0 Å². The highest BCUT2D eigenvalue weighted by Crippen LogP contribution is 2.25. The first kappa shape index (κ1) is 16.8. The van der Waals surface area contributed by atoms with Gasteiger partial charge in [-0.05, 0) is 44.1 Å². The second kappa shape index (κ2) is 9.43. The Morgan fingerprint density at radius 2 is 1.95 bits per heavy atom. The largest absolute Gasteiger partial charge is 0.312 e. The first-order chi connectivity index (χ1) is 10.3. The summed E-state index contributed by atoms with van der Waals surface area (Å²) in [6.07, 6.45) is 12.4. The van der Waals surface area contributed by atoms with Gasteiger partial charge in [-0.25, -0.2) is 0 Å². The lowest BCUT2D eigenvalue weighted by atomic mass is 9.87. The molecule has 0 aromatic carbocycles. The van der Waals surface area contributed by atoms with Crippen LogP contribution < -0.4 is 5.32 Å². The molecule has 1 saturated heterocycles. The van der Waals surface area contributed by atoms with Gasteiger partial charge >= 0.3 is 0 Å². The summed E-state index contributed by atoms with van der Waals surface area (Å²) in [6.45, 7) is 6.28. The number of likely N-dealkylation sites (tertiary alicyclic amines) is 1. The van der Waals surface area contributed by atoms with Crippen molar-refractivity contribution in [1.29, 1.82) is 5.26 Å². The topological polar surface area (TPSA) is 39.1 Å². The molecule has 2 fully saturated rings. The lowest BCUT2D eigenvalue weighted by molar-refractivity contribution is 0.143. The Balaban J connectivity index is 1.77. The van der Waals surface area contributed by atoms with Crippen LogP contribution in [0.3, 0.4) is 0 Å². The first-order valence-electron chi connectivity index (χ1n) is 9.14. The molecule has 1 aliphatic heterocycles. The maximum Gasteiger partial charge on any atom is 0.0866 e. The molecular weight excluding hydrogens is 258 g/mol. The van der Waals surface area contributed by atoms with Crippen molar-refractivity contribution in [3.05, 3.63) is 0 Å². The number of hydrogen-bond acceptors (Lipinski definition) is 3. The zero-order chi connectivity index (χ0) is 14.9. The van der Waals surface area contributed by atoms with Gasteiger partial charge in [0.2, 0.25) is 0 Å². The van der Waals surface area contributed by atoms with Crippen molar-refractivity contribution < 1.29 is 0 Å². The molecule has 1 aliphatic carbocycles. The van der Waals surface area contributed by atoms with E-state index >= 15 is 0 Å². The zero-order valence-electron chi connectivity index (χ0n) is 13.8. The van der Waals surface area contributed by atoms with Crippen LogP contribution in [0, 0.1) is 23.2 Å². The van der Waals surface area contributed by atoms with Crippen molar-refractivity contribution in [1.82, 2.24) is 10.2 Å². The molecule has 0 aromatic heterocycles. The summed E-state index contributed by atoms with van der Waals surface area (Å²) in [4.78, 5) is 2.36. The lowest BCUT2D eigenvalue weighted by Crippen LogP contribution is -2.50. The van der Waals surface area contributed by atoms with Gasteiger partial charge < -0.3 is 5.32 Å². The number of nitrogens with one attached hydrogen (secondary N) is 1. The first-order valence-corrected chi connectivity index (χ1v) is 9.14. The normalized spacial score (nSPS) is 28.4. The minimum atomic E-state index is 0.601. The molecular formula is C18H33N3. The van der Waals surface area contributed by atoms with Gasteiger partial charge in [0.15, 0.2) is 0 Å². The molecule has 0 spiro atoms. The Morgan fingerprint density at radius 1 is 1.14 bits per heavy atom. The number of nitrogens with zero attached hydrogens (tertiary/aromatic N) is 2. The fourth-order valence-electron chi connectivity index (χ4n) is 4.11. The van der Waals surface area contributed by atoms with E-state index in [1.54, 1.807) is 0 Å². The fraction of sp³-hybridized carbons (Fsp3) is 0.944. The fourth-order valence-corrected chi connectivity index (χ4v) is 4.11. The Kier molecular flexibility index (Phi) is 7.53. The van der Waals surface area contributed by atoms with Crippen LogP contribution in [-0.4, -0.2) is 37.1 Å². The van der Waals surface area contributed by atoms with Crippen LogP contribution in [0.15, 0.2) is 0 Å². The number of rotatable bonds is 7. The highest BCUT2D eigenvalue weighted by molar-refractivity contribution is 4.88. The number of unbranched alkanes of at least 4 members (excludes halogenated alkanes) is 1. The van der Waals surface area contributed by atoms with E-state index in [2.05, 4.69) is 23.2 Å². The molecule has 0 aromatic rings. The number of piperidine rings is 1. The summed E-state index contributed by atoms with van der Waals surface area (Å²) in [5.41, 5.74) is 0. The van der Waals surface area contributed by atoms with Crippen LogP contribution in [0.4, 0.5) is 0 Å². The summed E-state index contributed by atoms with van der Waals surface area (Å²) in [6, 6.07) is 2.95. The van der Waals surface area contributed by atoms with E-state index in [0.717, 1.165) is 24.9 Å². The van der Waals surface area contributed by atoms with E-state index in [9.17, 15) is 0 Å². The van der Waals surface area contributed by atoms with Gasteiger partial charge in [-0.1, -0.05) is 39.0 Å². The van der Waals surface area contributed by atoms with Crippen LogP contribution >= 0.6 is 0 Å². The Labute approximate surface area is 131 Å². The summed E-state index contributed by atoms with van der Waals surface area (Å²) in [7, 11) is 0. The Morgan fingerprint density at radius 3 is 2.67 bits per heavy atom. The standard InChI is InChI=1S/C18H33N3/c1-2-3-7-17-12-18(15-21(14-17)11-10-19)20-13-16-8-5-4-6-9-16/h16-18,20H,2-9,11-15H2,1H3. The van der Waals surface area contributed by atoms with Gasteiger partial charge in [-0.15, -0.1) is 0 Å². The van der Waals surface area contributed by atoms with Crippen molar-refractivity contribution in [2.75, 3.05) is 26.2 Å².